The molecule has 0 aliphatic carbocycles. The van der Waals surface area contributed by atoms with Gasteiger partial charge in [0.05, 0.1) is 5.02 Å². The molecule has 14 heavy (non-hydrogen) atoms. The van der Waals surface area contributed by atoms with E-state index < -0.39 is 0 Å². The van der Waals surface area contributed by atoms with Gasteiger partial charge < -0.3 is 5.32 Å². The molecular formula is C10H8ClN3. The van der Waals surface area contributed by atoms with Crippen LogP contribution in [0, 0.1) is 0 Å². The van der Waals surface area contributed by atoms with Crippen LogP contribution in [0.3, 0.4) is 0 Å². The molecule has 0 amide bonds. The summed E-state index contributed by atoms with van der Waals surface area (Å²) in [6, 6.07) is 7.29. The van der Waals surface area contributed by atoms with Crippen LogP contribution in [0.5, 0.6) is 0 Å². The molecular weight excluding hydrogens is 198 g/mol. The summed E-state index contributed by atoms with van der Waals surface area (Å²) in [5.41, 5.74) is 0.917. The number of pyridine rings is 2. The monoisotopic (exact) mass is 205 g/mol. The smallest absolute Gasteiger partial charge is 0.149 e. The van der Waals surface area contributed by atoms with Gasteiger partial charge in [0.2, 0.25) is 0 Å². The van der Waals surface area contributed by atoms with Crippen molar-refractivity contribution in [1.29, 1.82) is 0 Å². The first kappa shape index (κ1) is 8.97. The van der Waals surface area contributed by atoms with E-state index in [2.05, 4.69) is 15.3 Å². The molecule has 0 spiro atoms. The predicted octanol–water partition coefficient (Wildman–Crippen LogP) is 2.87. The molecule has 0 aliphatic rings. The van der Waals surface area contributed by atoms with E-state index in [1.807, 2.05) is 12.1 Å². The van der Waals surface area contributed by atoms with Crippen LogP contribution in [-0.2, 0) is 0 Å². The van der Waals surface area contributed by atoms with E-state index in [4.69, 9.17) is 11.6 Å². The number of anilines is 2. The highest BCUT2D eigenvalue weighted by molar-refractivity contribution is 6.33. The molecule has 0 radical (unpaired) electrons. The maximum Gasteiger partial charge on any atom is 0.149 e. The second kappa shape index (κ2) is 4.07. The molecule has 70 valence electrons. The second-order valence-corrected chi connectivity index (χ2v) is 3.10. The highest BCUT2D eigenvalue weighted by atomic mass is 35.5. The van der Waals surface area contributed by atoms with Crippen molar-refractivity contribution < 1.29 is 0 Å². The summed E-state index contributed by atoms with van der Waals surface area (Å²) in [7, 11) is 0. The van der Waals surface area contributed by atoms with E-state index in [1.54, 1.807) is 30.7 Å². The van der Waals surface area contributed by atoms with Crippen LogP contribution in [-0.4, -0.2) is 9.97 Å². The number of aromatic nitrogens is 2. The van der Waals surface area contributed by atoms with Gasteiger partial charge >= 0.3 is 0 Å². The van der Waals surface area contributed by atoms with Gasteiger partial charge in [-0.15, -0.1) is 0 Å². The summed E-state index contributed by atoms with van der Waals surface area (Å²) >= 11 is 5.93. The summed E-state index contributed by atoms with van der Waals surface area (Å²) in [4.78, 5) is 8.03. The van der Waals surface area contributed by atoms with E-state index >= 15 is 0 Å². The Labute approximate surface area is 86.8 Å². The molecule has 1 N–H and O–H groups in total. The lowest BCUT2D eigenvalue weighted by molar-refractivity contribution is 1.28. The lowest BCUT2D eigenvalue weighted by Crippen LogP contribution is -1.93. The Hall–Kier alpha value is -1.61. The maximum atomic E-state index is 5.93. The minimum absolute atomic E-state index is 0.601. The largest absolute Gasteiger partial charge is 0.339 e. The number of hydrogen-bond donors (Lipinski definition) is 1. The minimum Gasteiger partial charge on any atom is -0.339 e. The van der Waals surface area contributed by atoms with Gasteiger partial charge in [0, 0.05) is 24.3 Å². The molecule has 0 bridgehead atoms. The molecule has 2 aromatic rings. The lowest BCUT2D eigenvalue weighted by Gasteiger charge is -2.05. The van der Waals surface area contributed by atoms with E-state index in [0.717, 1.165) is 5.69 Å². The predicted molar refractivity (Wildman–Crippen MR) is 56.8 cm³/mol. The quantitative estimate of drug-likeness (QED) is 0.819. The van der Waals surface area contributed by atoms with Crippen molar-refractivity contribution in [2.75, 3.05) is 5.32 Å². The van der Waals surface area contributed by atoms with Crippen molar-refractivity contribution in [2.24, 2.45) is 0 Å². The number of hydrogen-bond acceptors (Lipinski definition) is 3. The molecule has 0 saturated carbocycles. The van der Waals surface area contributed by atoms with Gasteiger partial charge in [-0.3, -0.25) is 4.98 Å². The van der Waals surface area contributed by atoms with Crippen molar-refractivity contribution in [1.82, 2.24) is 9.97 Å². The van der Waals surface area contributed by atoms with Crippen LogP contribution in [0.25, 0.3) is 0 Å². The van der Waals surface area contributed by atoms with Gasteiger partial charge in [0.15, 0.2) is 0 Å². The van der Waals surface area contributed by atoms with Gasteiger partial charge in [0.1, 0.15) is 5.82 Å². The van der Waals surface area contributed by atoms with Crippen LogP contribution in [0.4, 0.5) is 11.5 Å². The van der Waals surface area contributed by atoms with Crippen LogP contribution in [0.2, 0.25) is 5.02 Å². The zero-order valence-electron chi connectivity index (χ0n) is 7.31. The molecule has 0 atom stereocenters. The van der Waals surface area contributed by atoms with Crippen molar-refractivity contribution >= 4 is 23.1 Å². The summed E-state index contributed by atoms with van der Waals surface area (Å²) in [6.07, 6.45) is 5.10. The Morgan fingerprint density at radius 2 is 1.86 bits per heavy atom. The Kier molecular flexibility index (Phi) is 2.60. The summed E-state index contributed by atoms with van der Waals surface area (Å²) < 4.78 is 0. The van der Waals surface area contributed by atoms with Crippen molar-refractivity contribution in [3.05, 3.63) is 47.9 Å². The number of halogens is 1. The average Bonchev–Trinajstić information content (AvgIpc) is 2.23. The number of rotatable bonds is 2. The first-order valence-electron chi connectivity index (χ1n) is 4.14. The minimum atomic E-state index is 0.601. The van der Waals surface area contributed by atoms with Gasteiger partial charge in [-0.1, -0.05) is 11.6 Å². The number of nitrogens with one attached hydrogen (secondary N) is 1. The fourth-order valence-corrected chi connectivity index (χ4v) is 1.22. The molecule has 4 heteroatoms. The fourth-order valence-electron chi connectivity index (χ4n) is 1.05. The molecule has 0 unspecified atom stereocenters. The van der Waals surface area contributed by atoms with Crippen molar-refractivity contribution in [3.8, 4) is 0 Å². The molecule has 3 nitrogen and oxygen atoms in total. The molecule has 2 heterocycles. The molecule has 0 saturated heterocycles. The summed E-state index contributed by atoms with van der Waals surface area (Å²) in [5.74, 6) is 0.653. The Morgan fingerprint density at radius 1 is 1.07 bits per heavy atom. The van der Waals surface area contributed by atoms with Crippen LogP contribution < -0.4 is 5.32 Å². The first-order valence-corrected chi connectivity index (χ1v) is 4.51. The van der Waals surface area contributed by atoms with E-state index in [0.29, 0.717) is 10.8 Å². The number of nitrogens with zero attached hydrogens (tertiary/aromatic N) is 2. The Balaban J connectivity index is 2.24. The van der Waals surface area contributed by atoms with Crippen LogP contribution in [0.1, 0.15) is 0 Å². The van der Waals surface area contributed by atoms with Gasteiger partial charge in [-0.2, -0.15) is 0 Å². The standard InChI is InChI=1S/C10H8ClN3/c11-9-2-1-5-13-10(9)14-8-3-6-12-7-4-8/h1-7H,(H,12,13,14). The SMILES string of the molecule is Clc1cccnc1Nc1ccncc1. The van der Waals surface area contributed by atoms with E-state index in [9.17, 15) is 0 Å². The first-order chi connectivity index (χ1) is 6.86. The third-order valence-electron chi connectivity index (χ3n) is 1.70. The molecule has 0 aliphatic heterocycles. The Morgan fingerprint density at radius 3 is 2.57 bits per heavy atom. The summed E-state index contributed by atoms with van der Waals surface area (Å²) in [6.45, 7) is 0. The van der Waals surface area contributed by atoms with Gasteiger partial charge in [-0.05, 0) is 24.3 Å². The fraction of sp³-hybridized carbons (Fsp3) is 0. The highest BCUT2D eigenvalue weighted by Gasteiger charge is 1.99. The molecule has 0 fully saturated rings. The Bertz CT molecular complexity index is 417. The second-order valence-electron chi connectivity index (χ2n) is 2.69. The van der Waals surface area contributed by atoms with Gasteiger partial charge in [-0.25, -0.2) is 4.98 Å². The zero-order chi connectivity index (χ0) is 9.80. The summed E-state index contributed by atoms with van der Waals surface area (Å²) in [5, 5.41) is 3.69. The highest BCUT2D eigenvalue weighted by Crippen LogP contribution is 2.21. The van der Waals surface area contributed by atoms with Crippen LogP contribution >= 0.6 is 11.6 Å². The van der Waals surface area contributed by atoms with Crippen LogP contribution in [0.15, 0.2) is 42.9 Å². The third-order valence-corrected chi connectivity index (χ3v) is 2.01. The van der Waals surface area contributed by atoms with Crippen molar-refractivity contribution in [2.45, 2.75) is 0 Å². The van der Waals surface area contributed by atoms with E-state index in [-0.39, 0.29) is 0 Å². The zero-order valence-corrected chi connectivity index (χ0v) is 8.07. The molecule has 0 aromatic carbocycles. The normalized spacial score (nSPS) is 9.79. The van der Waals surface area contributed by atoms with Gasteiger partial charge in [0.25, 0.3) is 0 Å². The topological polar surface area (TPSA) is 37.8 Å². The van der Waals surface area contributed by atoms with Crippen molar-refractivity contribution in [3.63, 3.8) is 0 Å². The molecule has 2 rings (SSSR count). The maximum absolute atomic E-state index is 5.93. The average molecular weight is 206 g/mol. The molecule has 2 aromatic heterocycles. The lowest BCUT2D eigenvalue weighted by atomic mass is 10.4. The van der Waals surface area contributed by atoms with E-state index in [1.165, 1.54) is 0 Å². The third kappa shape index (κ3) is 2.00.